The monoisotopic (exact) mass is 1460 g/mol. The molecule has 2 N–H and O–H groups in total. The van der Waals surface area contributed by atoms with Crippen molar-refractivity contribution in [3.8, 4) is 127 Å². The lowest BCUT2D eigenvalue weighted by Gasteiger charge is -2.30. The highest BCUT2D eigenvalue weighted by molar-refractivity contribution is 6.23. The molecule has 2 aliphatic carbocycles. The van der Waals surface area contributed by atoms with Gasteiger partial charge in [0.05, 0.1) is 24.8 Å². The molecule has 14 rings (SSSR count). The Morgan fingerprint density at radius 3 is 1.65 bits per heavy atom. The summed E-state index contributed by atoms with van der Waals surface area (Å²) in [5.41, 5.74) is 17.0. The largest absolute Gasteiger partial charge is 0.496 e. The van der Waals surface area contributed by atoms with Crippen LogP contribution in [-0.2, 0) is 11.8 Å². The summed E-state index contributed by atoms with van der Waals surface area (Å²) in [5.74, 6) is 22.9. The maximum absolute atomic E-state index is 15.2. The van der Waals surface area contributed by atoms with Gasteiger partial charge in [0.1, 0.15) is 35.2 Å². The minimum Gasteiger partial charge on any atom is -0.496 e. The molecular formula is C102H112N2O6. The van der Waals surface area contributed by atoms with Gasteiger partial charge >= 0.3 is 0 Å². The molecule has 0 aromatic heterocycles. The molecule has 2 amide bonds. The van der Waals surface area contributed by atoms with Gasteiger partial charge in [0, 0.05) is 62.2 Å². The summed E-state index contributed by atoms with van der Waals surface area (Å²) in [6, 6.07) is 73.2. The quantitative estimate of drug-likeness (QED) is 0.0276. The van der Waals surface area contributed by atoms with Gasteiger partial charge in [-0.2, -0.15) is 0 Å². The fourth-order valence-electron chi connectivity index (χ4n) is 16.5. The zero-order chi connectivity index (χ0) is 75.9. The molecule has 566 valence electrons. The third-order valence-electron chi connectivity index (χ3n) is 22.0. The maximum atomic E-state index is 15.2. The number of benzene rings is 12. The second-order valence-electron chi connectivity index (χ2n) is 29.1. The Labute approximate surface area is 663 Å². The van der Waals surface area contributed by atoms with E-state index in [0.29, 0.717) is 40.7 Å². The Hall–Kier alpha value is -12.4. The first kappa shape index (κ1) is 74.5. The van der Waals surface area contributed by atoms with Crippen LogP contribution in [-0.4, -0.2) is 32.6 Å². The van der Waals surface area contributed by atoms with Gasteiger partial charge in [-0.25, -0.2) is 0 Å². The zero-order valence-electron chi connectivity index (χ0n) is 64.0. The lowest BCUT2D eigenvalue weighted by Crippen LogP contribution is -2.26. The first-order chi connectivity index (χ1) is 54.0. The third-order valence-corrected chi connectivity index (χ3v) is 22.0. The van der Waals surface area contributed by atoms with Crippen LogP contribution < -0.4 is 29.6 Å². The molecule has 0 aliphatic heterocycles. The van der Waals surface area contributed by atoms with E-state index in [1.54, 1.807) is 14.2 Å². The molecule has 0 fully saturated rings. The molecule has 1 unspecified atom stereocenters. The van der Waals surface area contributed by atoms with E-state index in [1.165, 1.54) is 103 Å². The fourth-order valence-corrected chi connectivity index (χ4v) is 16.5. The van der Waals surface area contributed by atoms with Gasteiger partial charge in [0.2, 0.25) is 0 Å². The molecule has 2 aliphatic rings. The number of hydrogen-bond donors (Lipinski definition) is 2. The van der Waals surface area contributed by atoms with Crippen molar-refractivity contribution in [1.82, 2.24) is 5.32 Å². The van der Waals surface area contributed by atoms with Gasteiger partial charge in [0.15, 0.2) is 0 Å². The molecule has 0 radical (unpaired) electrons. The first-order valence-electron chi connectivity index (χ1n) is 39.3. The van der Waals surface area contributed by atoms with E-state index >= 15 is 4.79 Å². The van der Waals surface area contributed by atoms with Crippen molar-refractivity contribution in [2.24, 2.45) is 0 Å². The Morgan fingerprint density at radius 1 is 0.473 bits per heavy atom. The number of fused-ring (bicyclic) bond motifs is 14. The normalized spacial score (nSPS) is 12.0. The van der Waals surface area contributed by atoms with Gasteiger partial charge in [-0.15, -0.1) is 6.42 Å². The minimum atomic E-state index is -0.662. The van der Waals surface area contributed by atoms with Crippen molar-refractivity contribution in [1.29, 1.82) is 0 Å². The summed E-state index contributed by atoms with van der Waals surface area (Å²) in [7, 11) is 3.29. The number of aryl methyl sites for hydroxylation is 2. The van der Waals surface area contributed by atoms with Crippen LogP contribution >= 0.6 is 0 Å². The predicted molar refractivity (Wildman–Crippen MR) is 474 cm³/mol. The number of amides is 2. The van der Waals surface area contributed by atoms with Gasteiger partial charge < -0.3 is 29.6 Å². The fraction of sp³-hybridized carbons (Fsp3) is 0.255. The van der Waals surface area contributed by atoms with Crippen LogP contribution in [0.25, 0.3) is 87.6 Å². The predicted octanol–water partition coefficient (Wildman–Crippen LogP) is 26.7. The number of carbonyl (C=O) groups excluding carboxylic acids is 2. The van der Waals surface area contributed by atoms with E-state index in [4.69, 9.17) is 25.4 Å². The van der Waals surface area contributed by atoms with Crippen molar-refractivity contribution in [3.05, 3.63) is 256 Å². The second-order valence-corrected chi connectivity index (χ2v) is 29.1. The molecule has 12 aromatic rings. The molecule has 0 saturated heterocycles. The highest BCUT2D eigenvalue weighted by Crippen LogP contribution is 2.63. The van der Waals surface area contributed by atoms with E-state index < -0.39 is 5.41 Å². The van der Waals surface area contributed by atoms with Crippen molar-refractivity contribution >= 4 is 60.6 Å². The topological polar surface area (TPSA) is 95.1 Å². The molecule has 0 saturated carbocycles. The van der Waals surface area contributed by atoms with Crippen molar-refractivity contribution in [2.75, 3.05) is 26.1 Å². The molecule has 8 nitrogen and oxygen atoms in total. The summed E-state index contributed by atoms with van der Waals surface area (Å²) < 4.78 is 26.2. The lowest BCUT2D eigenvalue weighted by atomic mass is 9.70. The summed E-state index contributed by atoms with van der Waals surface area (Å²) >= 11 is 0. The van der Waals surface area contributed by atoms with Crippen molar-refractivity contribution < 1.29 is 42.8 Å². The van der Waals surface area contributed by atoms with E-state index in [2.05, 4.69) is 249 Å². The number of anilines is 1. The van der Waals surface area contributed by atoms with Gasteiger partial charge in [-0.1, -0.05) is 219 Å². The van der Waals surface area contributed by atoms with E-state index in [0.717, 1.165) is 139 Å². The highest BCUT2D eigenvalue weighted by atomic mass is 16.5. The number of rotatable bonds is 29. The van der Waals surface area contributed by atoms with Crippen LogP contribution in [0, 0.1) is 66.8 Å². The van der Waals surface area contributed by atoms with Gasteiger partial charge in [-0.05, 0) is 268 Å². The van der Waals surface area contributed by atoms with Crippen LogP contribution in [0.1, 0.15) is 204 Å². The van der Waals surface area contributed by atoms with Crippen LogP contribution in [0.4, 0.5) is 5.69 Å². The Bertz CT molecular complexity index is 5850. The average molecular weight is 1460 g/mol. The molecule has 1 spiro atoms. The number of ether oxygens (including phenoxy) is 4. The summed E-state index contributed by atoms with van der Waals surface area (Å²) in [5, 5.41) is 14.9. The SMILES string of the molecule is C#CC#CC#CC#CC#COc1ccc2c(-c3ccc4cc(C(CCCCC)Oc5cc(C)c(OC)cc5NC(=O)c5ccc6c(c5)-c5cc(C(=O)NC)ccc5C65c6ccccc6-c6ccccc65)ccc4c3)c3cc(OCCCCCCCCCC)ccc3c(-c3ccc4cc(CCCCCC)ccc4c3)c2c1.[HH].[HH].[HH].[HH].[HH].[HH].[HH].[HH].[HH].[HH]. The average Bonchev–Trinajstić information content (AvgIpc) is 1.50. The molecule has 0 bridgehead atoms. The third kappa shape index (κ3) is 15.6. The summed E-state index contributed by atoms with van der Waals surface area (Å²) in [4.78, 5) is 28.6. The van der Waals surface area contributed by atoms with Gasteiger partial charge in [-0.3, -0.25) is 9.59 Å². The molecule has 12 aromatic carbocycles. The number of carbonyl (C=O) groups is 2. The molecule has 110 heavy (non-hydrogen) atoms. The van der Waals surface area contributed by atoms with E-state index in [9.17, 15) is 4.79 Å². The zero-order valence-corrected chi connectivity index (χ0v) is 64.0. The van der Waals surface area contributed by atoms with Crippen LogP contribution in [0.2, 0.25) is 0 Å². The number of unbranched alkanes of at least 4 members (excludes halogenated alkanes) is 12. The standard InChI is InChI=1S/C102H92N2O6.10H2/c1-8-12-16-19-21-23-25-33-57-108-80-52-54-85-88(66-80)98(76-47-44-71-60-70(35-28-18-14-10-3)41-42-72(71)62-76)84-53-51-81(109-58-34-26-24-22-20-17-13-9-2)67-89(84)99(85)77-48-45-73-61-75(46-43-74(73)63-77)95(40-27-15-11-4)110-97-59-69(5)96(107-7)68-94(97)104-101(106)79-50-56-93-87(65-79)86-64-78(100(105)103-6)49-55-92(86)102(93)90-38-31-29-36-82(90)83-37-30-32-39-91(83)102;;;;;;;;;;/h1,29-32,36-39,41-56,59-68,95H,9-11,13-15,17-18,20,22,24,26-28,34-35,40,58H2,2-7H3,(H,103,105)(H,104,106);10*1H. The van der Waals surface area contributed by atoms with Crippen LogP contribution in [0.3, 0.4) is 0 Å². The molecule has 1 atom stereocenters. The summed E-state index contributed by atoms with van der Waals surface area (Å²) in [6.07, 6.45) is 27.1. The smallest absolute Gasteiger partial charge is 0.255 e. The first-order valence-corrected chi connectivity index (χ1v) is 39.3. The Kier molecular flexibility index (Phi) is 23.5. The van der Waals surface area contributed by atoms with Crippen LogP contribution in [0.15, 0.2) is 206 Å². The van der Waals surface area contributed by atoms with Crippen molar-refractivity contribution in [2.45, 2.75) is 148 Å². The molecule has 0 heterocycles. The number of methoxy groups -OCH3 is 1. The highest BCUT2D eigenvalue weighted by Gasteiger charge is 2.52. The Morgan fingerprint density at radius 2 is 1.01 bits per heavy atom. The number of hydrogen-bond acceptors (Lipinski definition) is 6. The number of nitrogens with one attached hydrogen (secondary N) is 2. The van der Waals surface area contributed by atoms with Crippen molar-refractivity contribution in [3.63, 3.8) is 0 Å². The lowest BCUT2D eigenvalue weighted by molar-refractivity contribution is 0.0962. The Balaban J connectivity index is 0.00000303. The van der Waals surface area contributed by atoms with E-state index in [-0.39, 0.29) is 32.2 Å². The minimum absolute atomic E-state index is 0. The summed E-state index contributed by atoms with van der Waals surface area (Å²) in [6.45, 7) is 9.38. The molecule has 8 heteroatoms. The van der Waals surface area contributed by atoms with E-state index in [1.807, 2.05) is 49.4 Å². The number of terminal acetylenes is 1. The maximum Gasteiger partial charge on any atom is 0.255 e. The van der Waals surface area contributed by atoms with Gasteiger partial charge in [0.25, 0.3) is 11.8 Å². The second kappa shape index (κ2) is 34.7. The molecular weight excluding hydrogens is 1350 g/mol. The van der Waals surface area contributed by atoms with Crippen LogP contribution in [0.5, 0.6) is 23.0 Å².